The van der Waals surface area contributed by atoms with E-state index in [9.17, 15) is 9.90 Å². The summed E-state index contributed by atoms with van der Waals surface area (Å²) in [6, 6.07) is 20.2. The predicted octanol–water partition coefficient (Wildman–Crippen LogP) is 2.75. The first-order chi connectivity index (χ1) is 12.0. The lowest BCUT2D eigenvalue weighted by Gasteiger charge is -2.46. The highest BCUT2D eigenvalue weighted by Gasteiger charge is 2.53. The van der Waals surface area contributed by atoms with Crippen LogP contribution in [0.2, 0.25) is 5.04 Å². The van der Waals surface area contributed by atoms with Crippen LogP contribution in [0.25, 0.3) is 0 Å². The SMILES string of the molecule is C[C@@H](O[Si](c1ccccc1)(c1ccccc1)C(C)(C)C)[C@](C)(N)C(=O)O. The summed E-state index contributed by atoms with van der Waals surface area (Å²) in [4.78, 5) is 11.7. The van der Waals surface area contributed by atoms with E-state index in [0.717, 1.165) is 10.4 Å². The van der Waals surface area contributed by atoms with E-state index in [1.54, 1.807) is 6.92 Å². The van der Waals surface area contributed by atoms with Crippen molar-refractivity contribution in [1.82, 2.24) is 0 Å². The average molecular weight is 372 g/mol. The van der Waals surface area contributed by atoms with Crippen LogP contribution in [-0.4, -0.2) is 31.0 Å². The molecule has 0 spiro atoms. The molecular formula is C21H29NO3Si. The summed E-state index contributed by atoms with van der Waals surface area (Å²) in [5.41, 5.74) is 4.63. The van der Waals surface area contributed by atoms with E-state index in [1.165, 1.54) is 6.92 Å². The average Bonchev–Trinajstić information content (AvgIpc) is 2.59. The number of hydrogen-bond acceptors (Lipinski definition) is 3. The molecular weight excluding hydrogens is 342 g/mol. The summed E-state index contributed by atoms with van der Waals surface area (Å²) in [6.45, 7) is 9.73. The van der Waals surface area contributed by atoms with Crippen LogP contribution in [0.15, 0.2) is 60.7 Å². The van der Waals surface area contributed by atoms with Crippen molar-refractivity contribution in [3.05, 3.63) is 60.7 Å². The highest BCUT2D eigenvalue weighted by molar-refractivity contribution is 6.99. The fraction of sp³-hybridized carbons (Fsp3) is 0.381. The van der Waals surface area contributed by atoms with Gasteiger partial charge in [0.1, 0.15) is 5.54 Å². The normalized spacial score (nSPS) is 15.9. The standard InChI is InChI=1S/C21H29NO3Si/c1-16(21(5,22)19(23)24)25-26(20(2,3)4,17-12-8-6-9-13-17)18-14-10-7-11-15-18/h6-16H,22H2,1-5H3,(H,23,24)/t16-,21+/m1/s1. The number of rotatable bonds is 6. The molecule has 0 radical (unpaired) electrons. The summed E-state index contributed by atoms with van der Waals surface area (Å²) in [6.07, 6.45) is -0.661. The molecule has 2 atom stereocenters. The molecule has 0 amide bonds. The minimum atomic E-state index is -2.81. The molecule has 26 heavy (non-hydrogen) atoms. The van der Waals surface area contributed by atoms with Crippen LogP contribution in [0.5, 0.6) is 0 Å². The van der Waals surface area contributed by atoms with Gasteiger partial charge >= 0.3 is 5.97 Å². The van der Waals surface area contributed by atoms with Crippen molar-refractivity contribution < 1.29 is 14.3 Å². The first-order valence-electron chi connectivity index (χ1n) is 8.84. The molecule has 0 aliphatic heterocycles. The van der Waals surface area contributed by atoms with Crippen molar-refractivity contribution in [1.29, 1.82) is 0 Å². The minimum Gasteiger partial charge on any atom is -0.480 e. The molecule has 0 saturated carbocycles. The van der Waals surface area contributed by atoms with Gasteiger partial charge in [-0.15, -0.1) is 0 Å². The monoisotopic (exact) mass is 371 g/mol. The minimum absolute atomic E-state index is 0.224. The Morgan fingerprint density at radius 3 is 1.65 bits per heavy atom. The summed E-state index contributed by atoms with van der Waals surface area (Å²) >= 11 is 0. The topological polar surface area (TPSA) is 72.5 Å². The number of carboxylic acids is 1. The Labute approximate surface area is 157 Å². The fourth-order valence-electron chi connectivity index (χ4n) is 3.25. The highest BCUT2D eigenvalue weighted by atomic mass is 28.4. The van der Waals surface area contributed by atoms with Crippen molar-refractivity contribution in [2.45, 2.75) is 51.3 Å². The van der Waals surface area contributed by atoms with Gasteiger partial charge in [-0.1, -0.05) is 81.4 Å². The Hall–Kier alpha value is -1.95. The molecule has 0 bridgehead atoms. The highest BCUT2D eigenvalue weighted by Crippen LogP contribution is 2.38. The smallest absolute Gasteiger partial charge is 0.326 e. The quantitative estimate of drug-likeness (QED) is 0.766. The molecule has 0 unspecified atom stereocenters. The van der Waals surface area contributed by atoms with Crippen LogP contribution in [-0.2, 0) is 9.22 Å². The molecule has 0 heterocycles. The van der Waals surface area contributed by atoms with Gasteiger partial charge < -0.3 is 15.3 Å². The lowest BCUT2D eigenvalue weighted by atomic mass is 9.98. The molecule has 5 heteroatoms. The maximum absolute atomic E-state index is 11.7. The van der Waals surface area contributed by atoms with Gasteiger partial charge in [-0.2, -0.15) is 0 Å². The second-order valence-electron chi connectivity index (χ2n) is 8.01. The number of carboxylic acid groups (broad SMARTS) is 1. The van der Waals surface area contributed by atoms with Crippen molar-refractivity contribution in [2.75, 3.05) is 0 Å². The van der Waals surface area contributed by atoms with Crippen LogP contribution < -0.4 is 16.1 Å². The lowest BCUT2D eigenvalue weighted by molar-refractivity contribution is -0.146. The van der Waals surface area contributed by atoms with Gasteiger partial charge in [-0.3, -0.25) is 4.79 Å². The number of aliphatic carboxylic acids is 1. The van der Waals surface area contributed by atoms with Crippen molar-refractivity contribution in [2.24, 2.45) is 5.73 Å². The molecule has 2 rings (SSSR count). The number of hydrogen-bond donors (Lipinski definition) is 2. The summed E-state index contributed by atoms with van der Waals surface area (Å²) in [7, 11) is -2.81. The third-order valence-corrected chi connectivity index (χ3v) is 10.2. The first kappa shape index (κ1) is 20.4. The molecule has 140 valence electrons. The Bertz CT molecular complexity index is 699. The van der Waals surface area contributed by atoms with E-state index in [-0.39, 0.29) is 5.04 Å². The van der Waals surface area contributed by atoms with Gasteiger partial charge in [0.2, 0.25) is 0 Å². The predicted molar refractivity (Wildman–Crippen MR) is 108 cm³/mol. The number of nitrogens with two attached hydrogens (primary N) is 1. The van der Waals surface area contributed by atoms with Gasteiger partial charge in [0.15, 0.2) is 0 Å². The Morgan fingerprint density at radius 1 is 0.962 bits per heavy atom. The Morgan fingerprint density at radius 2 is 1.35 bits per heavy atom. The largest absolute Gasteiger partial charge is 0.480 e. The third kappa shape index (κ3) is 3.61. The van der Waals surface area contributed by atoms with Crippen LogP contribution in [0.4, 0.5) is 0 Å². The molecule has 2 aromatic carbocycles. The van der Waals surface area contributed by atoms with Gasteiger partial charge in [-0.05, 0) is 29.3 Å². The van der Waals surface area contributed by atoms with Gasteiger partial charge in [0.05, 0.1) is 6.10 Å². The van der Waals surface area contributed by atoms with Crippen LogP contribution in [0.3, 0.4) is 0 Å². The van der Waals surface area contributed by atoms with E-state index in [4.69, 9.17) is 10.2 Å². The van der Waals surface area contributed by atoms with E-state index in [2.05, 4.69) is 45.0 Å². The number of carbonyl (C=O) groups is 1. The first-order valence-corrected chi connectivity index (χ1v) is 10.8. The molecule has 0 aliphatic rings. The van der Waals surface area contributed by atoms with Crippen LogP contribution >= 0.6 is 0 Å². The zero-order chi connectivity index (χ0) is 19.6. The van der Waals surface area contributed by atoms with Crippen LogP contribution in [0.1, 0.15) is 34.6 Å². The summed E-state index contributed by atoms with van der Waals surface area (Å²) in [5.74, 6) is -1.07. The van der Waals surface area contributed by atoms with E-state index >= 15 is 0 Å². The zero-order valence-electron chi connectivity index (χ0n) is 16.2. The molecule has 0 fully saturated rings. The molecule has 0 saturated heterocycles. The van der Waals surface area contributed by atoms with Crippen molar-refractivity contribution in [3.63, 3.8) is 0 Å². The van der Waals surface area contributed by atoms with E-state index in [0.29, 0.717) is 0 Å². The molecule has 0 aliphatic carbocycles. The van der Waals surface area contributed by atoms with Gasteiger partial charge in [0.25, 0.3) is 8.32 Å². The van der Waals surface area contributed by atoms with Crippen molar-refractivity contribution >= 4 is 24.7 Å². The molecule has 3 N–H and O–H groups in total. The lowest BCUT2D eigenvalue weighted by Crippen LogP contribution is -2.70. The molecule has 2 aromatic rings. The Balaban J connectivity index is 2.71. The van der Waals surface area contributed by atoms with Gasteiger partial charge in [-0.25, -0.2) is 0 Å². The summed E-state index contributed by atoms with van der Waals surface area (Å²) < 4.78 is 6.73. The molecule has 0 aromatic heterocycles. The van der Waals surface area contributed by atoms with Crippen LogP contribution in [0, 0.1) is 0 Å². The second kappa shape index (κ2) is 7.35. The maximum Gasteiger partial charge on any atom is 0.326 e. The summed E-state index contributed by atoms with van der Waals surface area (Å²) in [5, 5.41) is 11.5. The Kier molecular flexibility index (Phi) is 5.75. The van der Waals surface area contributed by atoms with Crippen molar-refractivity contribution in [3.8, 4) is 0 Å². The molecule has 4 nitrogen and oxygen atoms in total. The van der Waals surface area contributed by atoms with E-state index in [1.807, 2.05) is 36.4 Å². The third-order valence-electron chi connectivity index (χ3n) is 5.08. The zero-order valence-corrected chi connectivity index (χ0v) is 17.2. The fourth-order valence-corrected chi connectivity index (χ4v) is 8.04. The number of benzene rings is 2. The second-order valence-corrected chi connectivity index (χ2v) is 12.3. The maximum atomic E-state index is 11.7. The van der Waals surface area contributed by atoms with E-state index < -0.39 is 25.9 Å². The van der Waals surface area contributed by atoms with Gasteiger partial charge in [0, 0.05) is 0 Å².